The highest BCUT2D eigenvalue weighted by molar-refractivity contribution is 7.89. The fourth-order valence-electron chi connectivity index (χ4n) is 4.25. The fourth-order valence-corrected chi connectivity index (χ4v) is 5.81. The standard InChI is InChI=1S/C27H25N3O3S/c1-19-11-13-20(14-12-19)26-18-24(23-9-2-3-10-25(23)29-26)27(31)28-21-7-6-8-22(17-21)34(32,33)30-15-4-5-16-30/h2-3,6-14,17-18H,4-5,15-16H2,1H3,(H,28,31). The number of rotatable bonds is 5. The van der Waals surface area contributed by atoms with Crippen molar-refractivity contribution in [2.24, 2.45) is 0 Å². The van der Waals surface area contributed by atoms with Crippen LogP contribution >= 0.6 is 0 Å². The number of nitrogens with zero attached hydrogens (tertiary/aromatic N) is 2. The zero-order valence-electron chi connectivity index (χ0n) is 18.9. The van der Waals surface area contributed by atoms with Gasteiger partial charge >= 0.3 is 0 Å². The van der Waals surface area contributed by atoms with E-state index < -0.39 is 10.0 Å². The maximum atomic E-state index is 13.4. The summed E-state index contributed by atoms with van der Waals surface area (Å²) in [5.74, 6) is -0.317. The van der Waals surface area contributed by atoms with Gasteiger partial charge in [-0.15, -0.1) is 0 Å². The van der Waals surface area contributed by atoms with Gasteiger partial charge in [0.05, 0.1) is 21.7 Å². The van der Waals surface area contributed by atoms with Crippen LogP contribution in [0.4, 0.5) is 5.69 Å². The summed E-state index contributed by atoms with van der Waals surface area (Å²) in [6.07, 6.45) is 1.74. The second kappa shape index (κ2) is 9.00. The number of sulfonamides is 1. The summed E-state index contributed by atoms with van der Waals surface area (Å²) < 4.78 is 27.4. The molecule has 3 aromatic carbocycles. The molecule has 1 aliphatic rings. The number of nitrogens with one attached hydrogen (secondary N) is 1. The number of aromatic nitrogens is 1. The highest BCUT2D eigenvalue weighted by Crippen LogP contribution is 2.27. The molecule has 0 aliphatic carbocycles. The lowest BCUT2D eigenvalue weighted by Gasteiger charge is -2.16. The summed E-state index contributed by atoms with van der Waals surface area (Å²) in [4.78, 5) is 18.3. The Kier molecular flexibility index (Phi) is 5.89. The first-order valence-electron chi connectivity index (χ1n) is 11.3. The van der Waals surface area contributed by atoms with Crippen molar-refractivity contribution in [3.8, 4) is 11.3 Å². The van der Waals surface area contributed by atoms with Crippen molar-refractivity contribution in [1.82, 2.24) is 9.29 Å². The summed E-state index contributed by atoms with van der Waals surface area (Å²) in [6, 6.07) is 23.7. The highest BCUT2D eigenvalue weighted by atomic mass is 32.2. The molecule has 0 unspecified atom stereocenters. The Morgan fingerprint density at radius 1 is 0.912 bits per heavy atom. The quantitative estimate of drug-likeness (QED) is 0.431. The molecule has 1 saturated heterocycles. The molecular weight excluding hydrogens is 446 g/mol. The van der Waals surface area contributed by atoms with Crippen LogP contribution < -0.4 is 5.32 Å². The van der Waals surface area contributed by atoms with Gasteiger partial charge in [-0.05, 0) is 50.1 Å². The van der Waals surface area contributed by atoms with Crippen molar-refractivity contribution in [3.05, 3.63) is 90.0 Å². The summed E-state index contributed by atoms with van der Waals surface area (Å²) in [5.41, 5.74) is 4.40. The minimum Gasteiger partial charge on any atom is -0.322 e. The van der Waals surface area contributed by atoms with Crippen LogP contribution in [0.5, 0.6) is 0 Å². The molecule has 2 heterocycles. The van der Waals surface area contributed by atoms with Gasteiger partial charge in [-0.2, -0.15) is 4.31 Å². The molecule has 1 fully saturated rings. The minimum atomic E-state index is -3.57. The zero-order chi connectivity index (χ0) is 23.7. The number of hydrogen-bond acceptors (Lipinski definition) is 4. The molecule has 4 aromatic rings. The molecule has 1 aliphatic heterocycles. The number of fused-ring (bicyclic) bond motifs is 1. The van der Waals surface area contributed by atoms with E-state index in [4.69, 9.17) is 4.98 Å². The van der Waals surface area contributed by atoms with Crippen molar-refractivity contribution < 1.29 is 13.2 Å². The van der Waals surface area contributed by atoms with E-state index in [0.29, 0.717) is 30.0 Å². The SMILES string of the molecule is Cc1ccc(-c2cc(C(=O)Nc3cccc(S(=O)(=O)N4CCCC4)c3)c3ccccc3n2)cc1. The number of hydrogen-bond donors (Lipinski definition) is 1. The van der Waals surface area contributed by atoms with E-state index >= 15 is 0 Å². The Balaban J connectivity index is 1.50. The molecule has 0 bridgehead atoms. The normalized spacial score (nSPS) is 14.4. The van der Waals surface area contributed by atoms with Crippen molar-refractivity contribution in [2.75, 3.05) is 18.4 Å². The van der Waals surface area contributed by atoms with Gasteiger partial charge in [0.2, 0.25) is 10.0 Å². The molecule has 0 atom stereocenters. The molecule has 1 aromatic heterocycles. The monoisotopic (exact) mass is 471 g/mol. The van der Waals surface area contributed by atoms with E-state index in [-0.39, 0.29) is 10.8 Å². The van der Waals surface area contributed by atoms with Gasteiger partial charge < -0.3 is 5.32 Å². The van der Waals surface area contributed by atoms with Gasteiger partial charge in [0.1, 0.15) is 0 Å². The first kappa shape index (κ1) is 22.3. The Bertz CT molecular complexity index is 1480. The molecular formula is C27H25N3O3S. The molecule has 0 radical (unpaired) electrons. The van der Waals surface area contributed by atoms with E-state index in [1.54, 1.807) is 24.3 Å². The lowest BCUT2D eigenvalue weighted by atomic mass is 10.0. The van der Waals surface area contributed by atoms with Crippen molar-refractivity contribution in [2.45, 2.75) is 24.7 Å². The number of aryl methyl sites for hydroxylation is 1. The van der Waals surface area contributed by atoms with E-state index in [0.717, 1.165) is 34.9 Å². The predicted molar refractivity (Wildman–Crippen MR) is 134 cm³/mol. The van der Waals surface area contributed by atoms with E-state index in [2.05, 4.69) is 5.32 Å². The largest absolute Gasteiger partial charge is 0.322 e. The Morgan fingerprint density at radius 2 is 1.65 bits per heavy atom. The molecule has 5 rings (SSSR count). The maximum Gasteiger partial charge on any atom is 0.256 e. The smallest absolute Gasteiger partial charge is 0.256 e. The van der Waals surface area contributed by atoms with Gasteiger partial charge in [-0.3, -0.25) is 4.79 Å². The van der Waals surface area contributed by atoms with Crippen LogP contribution in [0.1, 0.15) is 28.8 Å². The summed E-state index contributed by atoms with van der Waals surface area (Å²) in [7, 11) is -3.57. The van der Waals surface area contributed by atoms with Crippen molar-refractivity contribution >= 4 is 32.5 Å². The lowest BCUT2D eigenvalue weighted by molar-refractivity contribution is 0.102. The third-order valence-electron chi connectivity index (χ3n) is 6.10. The van der Waals surface area contributed by atoms with Crippen LogP contribution in [0.2, 0.25) is 0 Å². The second-order valence-corrected chi connectivity index (χ2v) is 10.5. The first-order chi connectivity index (χ1) is 16.4. The number of benzene rings is 3. The zero-order valence-corrected chi connectivity index (χ0v) is 19.7. The van der Waals surface area contributed by atoms with E-state index in [9.17, 15) is 13.2 Å². The lowest BCUT2D eigenvalue weighted by Crippen LogP contribution is -2.27. The van der Waals surface area contributed by atoms with E-state index in [1.165, 1.54) is 10.4 Å². The van der Waals surface area contributed by atoms with Crippen LogP contribution in [-0.4, -0.2) is 36.7 Å². The van der Waals surface area contributed by atoms with Crippen molar-refractivity contribution in [1.29, 1.82) is 0 Å². The first-order valence-corrected chi connectivity index (χ1v) is 12.7. The maximum absolute atomic E-state index is 13.4. The molecule has 6 nitrogen and oxygen atoms in total. The topological polar surface area (TPSA) is 79.4 Å². The Morgan fingerprint density at radius 3 is 2.41 bits per heavy atom. The second-order valence-electron chi connectivity index (χ2n) is 8.53. The molecule has 7 heteroatoms. The fraction of sp³-hybridized carbons (Fsp3) is 0.185. The molecule has 1 amide bonds. The summed E-state index contributed by atoms with van der Waals surface area (Å²) in [5, 5.41) is 3.62. The highest BCUT2D eigenvalue weighted by Gasteiger charge is 2.27. The van der Waals surface area contributed by atoms with Gasteiger partial charge in [-0.1, -0.05) is 54.1 Å². The molecule has 172 valence electrons. The van der Waals surface area contributed by atoms with Gasteiger partial charge in [-0.25, -0.2) is 13.4 Å². The summed E-state index contributed by atoms with van der Waals surface area (Å²) >= 11 is 0. The number of anilines is 1. The Hall–Kier alpha value is -3.55. The van der Waals surface area contributed by atoms with Crippen LogP contribution in [0, 0.1) is 6.92 Å². The average Bonchev–Trinajstić information content (AvgIpc) is 3.40. The van der Waals surface area contributed by atoms with Crippen LogP contribution in [0.15, 0.2) is 83.8 Å². The number of carbonyl (C=O) groups is 1. The van der Waals surface area contributed by atoms with Gasteiger partial charge in [0, 0.05) is 29.7 Å². The van der Waals surface area contributed by atoms with E-state index in [1.807, 2.05) is 55.5 Å². The molecule has 34 heavy (non-hydrogen) atoms. The van der Waals surface area contributed by atoms with Gasteiger partial charge in [0.25, 0.3) is 5.91 Å². The van der Waals surface area contributed by atoms with Crippen LogP contribution in [0.25, 0.3) is 22.2 Å². The van der Waals surface area contributed by atoms with Gasteiger partial charge in [0.15, 0.2) is 0 Å². The Labute approximate surface area is 199 Å². The number of para-hydroxylation sites is 1. The molecule has 0 spiro atoms. The number of carbonyl (C=O) groups excluding carboxylic acids is 1. The summed E-state index contributed by atoms with van der Waals surface area (Å²) in [6.45, 7) is 3.09. The van der Waals surface area contributed by atoms with Crippen LogP contribution in [-0.2, 0) is 10.0 Å². The third-order valence-corrected chi connectivity index (χ3v) is 8.00. The predicted octanol–water partition coefficient (Wildman–Crippen LogP) is 5.25. The average molecular weight is 472 g/mol. The number of amides is 1. The molecule has 1 N–H and O–H groups in total. The van der Waals surface area contributed by atoms with Crippen LogP contribution in [0.3, 0.4) is 0 Å². The third kappa shape index (κ3) is 4.32. The number of pyridine rings is 1. The molecule has 0 saturated carbocycles. The van der Waals surface area contributed by atoms with Crippen molar-refractivity contribution in [3.63, 3.8) is 0 Å². The minimum absolute atomic E-state index is 0.187.